The number of phenolic OH excluding ortho intramolecular Hbond substituents is 1. The van der Waals surface area contributed by atoms with Crippen LogP contribution in [-0.2, 0) is 27.5 Å². The molecule has 6 rings (SSSR count). The smallest absolute Gasteiger partial charge is 0.417 e. The highest BCUT2D eigenvalue weighted by atomic mass is 32.2. The van der Waals surface area contributed by atoms with Crippen molar-refractivity contribution in [2.75, 3.05) is 32.8 Å². The summed E-state index contributed by atoms with van der Waals surface area (Å²) in [7, 11) is -3.94. The van der Waals surface area contributed by atoms with Gasteiger partial charge in [0.2, 0.25) is 10.0 Å². The Morgan fingerprint density at radius 2 is 1.81 bits per heavy atom. The van der Waals surface area contributed by atoms with E-state index in [1.807, 2.05) is 13.8 Å². The Balaban J connectivity index is 1.03. The van der Waals surface area contributed by atoms with E-state index in [9.17, 15) is 35.9 Å². The molecule has 3 heterocycles. The van der Waals surface area contributed by atoms with Crippen LogP contribution in [0.5, 0.6) is 5.75 Å². The van der Waals surface area contributed by atoms with E-state index < -0.39 is 44.9 Å². The predicted molar refractivity (Wildman–Crippen MR) is 185 cm³/mol. The van der Waals surface area contributed by atoms with Crippen molar-refractivity contribution in [3.8, 4) is 28.1 Å². The lowest BCUT2D eigenvalue weighted by Gasteiger charge is -2.31. The number of nitrogens with one attached hydrogen (secondary N) is 2. The van der Waals surface area contributed by atoms with Gasteiger partial charge in [0.25, 0.3) is 0 Å². The van der Waals surface area contributed by atoms with Crippen molar-refractivity contribution in [1.82, 2.24) is 29.6 Å². The SMILES string of the molecule is CC(C)COC(=O)c1[nH]c2ccc(F)cc2c1-c1cn(CC2CCN(CCNS(=O)(=O)c3ccc(-c4c(O)cccc4C(F)(F)F)cc3)CC2)nn1. The number of H-pyrrole nitrogens is 1. The van der Waals surface area contributed by atoms with Crippen molar-refractivity contribution in [1.29, 1.82) is 0 Å². The molecule has 1 saturated heterocycles. The number of carbonyl (C=O) groups excluding carboxylic acids is 1. The quantitative estimate of drug-likeness (QED) is 0.0977. The summed E-state index contributed by atoms with van der Waals surface area (Å²) in [6.45, 7) is 6.68. The van der Waals surface area contributed by atoms with Gasteiger partial charge in [-0.25, -0.2) is 22.3 Å². The van der Waals surface area contributed by atoms with Crippen molar-refractivity contribution in [3.05, 3.63) is 83.9 Å². The first kappa shape index (κ1) is 37.0. The number of piperidine rings is 1. The fourth-order valence-corrected chi connectivity index (χ4v) is 7.38. The fraction of sp³-hybridized carbons (Fsp3) is 0.361. The van der Waals surface area contributed by atoms with Gasteiger partial charge in [-0.2, -0.15) is 13.2 Å². The summed E-state index contributed by atoms with van der Waals surface area (Å²) in [6.07, 6.45) is -1.33. The number of alkyl halides is 3. The van der Waals surface area contributed by atoms with Gasteiger partial charge in [0.05, 0.1) is 23.3 Å². The third-order valence-electron chi connectivity index (χ3n) is 8.98. The van der Waals surface area contributed by atoms with Crippen molar-refractivity contribution in [3.63, 3.8) is 0 Å². The Morgan fingerprint density at radius 3 is 2.50 bits per heavy atom. The lowest BCUT2D eigenvalue weighted by Crippen LogP contribution is -2.40. The number of hydrogen-bond acceptors (Lipinski definition) is 8. The number of likely N-dealkylation sites (tertiary alicyclic amines) is 1. The minimum Gasteiger partial charge on any atom is -0.507 e. The molecule has 0 amide bonds. The number of rotatable bonds is 12. The first-order chi connectivity index (χ1) is 24.7. The molecule has 11 nitrogen and oxygen atoms in total. The predicted octanol–water partition coefficient (Wildman–Crippen LogP) is 6.46. The van der Waals surface area contributed by atoms with E-state index >= 15 is 0 Å². The maximum atomic E-state index is 14.2. The number of halogens is 4. The van der Waals surface area contributed by atoms with Crippen LogP contribution in [0, 0.1) is 17.7 Å². The van der Waals surface area contributed by atoms with E-state index in [2.05, 4.69) is 24.9 Å². The molecule has 0 aliphatic carbocycles. The molecule has 3 aromatic carbocycles. The molecule has 0 spiro atoms. The Kier molecular flexibility index (Phi) is 10.7. The second-order valence-corrected chi connectivity index (χ2v) is 15.1. The molecule has 0 atom stereocenters. The molecule has 1 aliphatic rings. The standard InChI is InChI=1S/C36H38F4N6O5S/c1-22(2)21-51-35(48)34-33(27-18-25(37)8-11-29(27)42-34)30-20-46(44-43-30)19-23-12-15-45(16-13-23)17-14-41-52(49,50)26-9-6-24(7-10-26)32-28(36(38,39)40)4-3-5-31(32)47/h3-11,18,20,22-23,41-42,47H,12-17,19,21H2,1-2H3. The van der Waals surface area contributed by atoms with Crippen molar-refractivity contribution in [2.45, 2.75) is 44.3 Å². The summed E-state index contributed by atoms with van der Waals surface area (Å²) >= 11 is 0. The molecule has 1 aliphatic heterocycles. The summed E-state index contributed by atoms with van der Waals surface area (Å²) in [6, 6.07) is 12.2. The zero-order chi connectivity index (χ0) is 37.2. The molecule has 0 bridgehead atoms. The number of aromatic amines is 1. The summed E-state index contributed by atoms with van der Waals surface area (Å²) in [5.41, 5.74) is 0.191. The number of nitrogens with zero attached hydrogens (tertiary/aromatic N) is 4. The molecule has 0 unspecified atom stereocenters. The van der Waals surface area contributed by atoms with E-state index in [-0.39, 0.29) is 41.1 Å². The Morgan fingerprint density at radius 1 is 1.08 bits per heavy atom. The monoisotopic (exact) mass is 742 g/mol. The molecular formula is C36H38F4N6O5S. The molecule has 2 aromatic heterocycles. The maximum absolute atomic E-state index is 14.2. The number of hydrogen-bond donors (Lipinski definition) is 3. The van der Waals surface area contributed by atoms with Gasteiger partial charge in [0.15, 0.2) is 0 Å². The first-order valence-electron chi connectivity index (χ1n) is 16.8. The number of esters is 1. The molecule has 0 radical (unpaired) electrons. The second-order valence-electron chi connectivity index (χ2n) is 13.3. The highest BCUT2D eigenvalue weighted by molar-refractivity contribution is 7.89. The average molecular weight is 743 g/mol. The molecule has 3 N–H and O–H groups in total. The van der Waals surface area contributed by atoms with Gasteiger partial charge >= 0.3 is 12.1 Å². The fourth-order valence-electron chi connectivity index (χ4n) is 6.36. The van der Waals surface area contributed by atoms with Crippen LogP contribution in [0.3, 0.4) is 0 Å². The number of sulfonamides is 1. The van der Waals surface area contributed by atoms with E-state index in [1.165, 1.54) is 36.4 Å². The van der Waals surface area contributed by atoms with Crippen LogP contribution in [0.25, 0.3) is 33.3 Å². The molecule has 52 heavy (non-hydrogen) atoms. The van der Waals surface area contributed by atoms with Gasteiger partial charge in [-0.15, -0.1) is 5.10 Å². The molecular weight excluding hydrogens is 704 g/mol. The molecule has 0 saturated carbocycles. The number of benzene rings is 3. The summed E-state index contributed by atoms with van der Waals surface area (Å²) < 4.78 is 90.4. The number of aromatic hydroxyl groups is 1. The van der Waals surface area contributed by atoms with Crippen molar-refractivity contribution in [2.24, 2.45) is 11.8 Å². The number of fused-ring (bicyclic) bond motifs is 1. The van der Waals surface area contributed by atoms with Crippen LogP contribution in [0.4, 0.5) is 17.6 Å². The van der Waals surface area contributed by atoms with Crippen LogP contribution in [0.2, 0.25) is 0 Å². The van der Waals surface area contributed by atoms with Crippen LogP contribution in [0.15, 0.2) is 71.8 Å². The van der Waals surface area contributed by atoms with Gasteiger partial charge < -0.3 is 19.7 Å². The van der Waals surface area contributed by atoms with Crippen LogP contribution in [-0.4, -0.2) is 77.2 Å². The minimum absolute atomic E-state index is 0.0364. The highest BCUT2D eigenvalue weighted by Gasteiger charge is 2.35. The second kappa shape index (κ2) is 15.0. The molecule has 1 fully saturated rings. The summed E-state index contributed by atoms with van der Waals surface area (Å²) in [5, 5.41) is 19.2. The van der Waals surface area contributed by atoms with Gasteiger partial charge in [-0.1, -0.05) is 37.3 Å². The van der Waals surface area contributed by atoms with E-state index in [4.69, 9.17) is 4.74 Å². The average Bonchev–Trinajstić information content (AvgIpc) is 3.71. The number of phenols is 1. The Labute approximate surface area is 297 Å². The minimum atomic E-state index is -4.70. The summed E-state index contributed by atoms with van der Waals surface area (Å²) in [5.74, 6) is -1.17. The van der Waals surface area contributed by atoms with Crippen molar-refractivity contribution >= 4 is 26.9 Å². The van der Waals surface area contributed by atoms with E-state index in [1.54, 1.807) is 16.9 Å². The lowest BCUT2D eigenvalue weighted by atomic mass is 9.97. The topological polar surface area (TPSA) is 142 Å². The molecule has 276 valence electrons. The Hall–Kier alpha value is -4.80. The number of carbonyl (C=O) groups is 1. The third-order valence-corrected chi connectivity index (χ3v) is 10.5. The van der Waals surface area contributed by atoms with E-state index in [0.29, 0.717) is 35.2 Å². The van der Waals surface area contributed by atoms with Gasteiger partial charge in [-0.3, -0.25) is 4.68 Å². The number of ether oxygens (including phenoxy) is 1. The first-order valence-corrected chi connectivity index (χ1v) is 18.3. The number of aromatic nitrogens is 4. The largest absolute Gasteiger partial charge is 0.507 e. The lowest BCUT2D eigenvalue weighted by molar-refractivity contribution is -0.137. The van der Waals surface area contributed by atoms with Gasteiger partial charge in [0.1, 0.15) is 23.0 Å². The zero-order valence-corrected chi connectivity index (χ0v) is 29.3. The van der Waals surface area contributed by atoms with Crippen LogP contribution >= 0.6 is 0 Å². The molecule has 5 aromatic rings. The van der Waals surface area contributed by atoms with Gasteiger partial charge in [0, 0.05) is 41.7 Å². The normalized spacial score (nSPS) is 14.8. The maximum Gasteiger partial charge on any atom is 0.417 e. The third kappa shape index (κ3) is 8.29. The Bertz CT molecular complexity index is 2160. The summed E-state index contributed by atoms with van der Waals surface area (Å²) in [4.78, 5) is 18.1. The highest BCUT2D eigenvalue weighted by Crippen LogP contribution is 2.42. The van der Waals surface area contributed by atoms with Gasteiger partial charge in [-0.05, 0) is 85.8 Å². The van der Waals surface area contributed by atoms with Crippen LogP contribution in [0.1, 0.15) is 42.7 Å². The van der Waals surface area contributed by atoms with Crippen LogP contribution < -0.4 is 4.72 Å². The van der Waals surface area contributed by atoms with Crippen molar-refractivity contribution < 1.29 is 40.6 Å². The zero-order valence-electron chi connectivity index (χ0n) is 28.5. The molecule has 16 heteroatoms. The van der Waals surface area contributed by atoms with E-state index in [0.717, 1.165) is 44.1 Å².